The lowest BCUT2D eigenvalue weighted by Gasteiger charge is -2.34. The van der Waals surface area contributed by atoms with Crippen LogP contribution in [0.4, 0.5) is 8.78 Å². The van der Waals surface area contributed by atoms with Gasteiger partial charge in [0.1, 0.15) is 11.4 Å². The van der Waals surface area contributed by atoms with Gasteiger partial charge >= 0.3 is 0 Å². The van der Waals surface area contributed by atoms with Crippen molar-refractivity contribution in [2.45, 2.75) is 19.4 Å². The molecule has 2 unspecified atom stereocenters. The molecule has 0 spiro atoms. The summed E-state index contributed by atoms with van der Waals surface area (Å²) in [4.78, 5) is 13.5. The van der Waals surface area contributed by atoms with Gasteiger partial charge in [-0.25, -0.2) is 8.78 Å². The van der Waals surface area contributed by atoms with Crippen molar-refractivity contribution in [1.29, 1.82) is 0 Å². The van der Waals surface area contributed by atoms with Crippen molar-refractivity contribution < 1.29 is 23.4 Å². The molecular formula is C14H17F2NO3. The molecule has 1 saturated heterocycles. The third-order valence-corrected chi connectivity index (χ3v) is 3.70. The van der Waals surface area contributed by atoms with Crippen LogP contribution in [0.15, 0.2) is 12.1 Å². The molecule has 2 atom stereocenters. The van der Waals surface area contributed by atoms with E-state index >= 15 is 0 Å². The standard InChI is InChI=1S/C14H17F2NO3/c1-8-5-6-17(7-10(8)18)14(19)12-9(15)3-4-11(20-2)13(12)16/h3-4,8,10,18H,5-7H2,1-2H3. The molecule has 0 bridgehead atoms. The molecule has 2 rings (SSSR count). The average molecular weight is 285 g/mol. The van der Waals surface area contributed by atoms with E-state index in [2.05, 4.69) is 0 Å². The van der Waals surface area contributed by atoms with Gasteiger partial charge in [-0.05, 0) is 24.5 Å². The van der Waals surface area contributed by atoms with Gasteiger partial charge < -0.3 is 14.7 Å². The Morgan fingerprint density at radius 2 is 2.15 bits per heavy atom. The first-order chi connectivity index (χ1) is 9.45. The smallest absolute Gasteiger partial charge is 0.260 e. The first-order valence-electron chi connectivity index (χ1n) is 6.45. The van der Waals surface area contributed by atoms with Gasteiger partial charge in [-0.3, -0.25) is 4.79 Å². The van der Waals surface area contributed by atoms with Crippen LogP contribution in [0.3, 0.4) is 0 Å². The van der Waals surface area contributed by atoms with Crippen LogP contribution < -0.4 is 4.74 Å². The van der Waals surface area contributed by atoms with E-state index in [1.165, 1.54) is 12.0 Å². The van der Waals surface area contributed by atoms with Crippen LogP contribution in [0.5, 0.6) is 5.75 Å². The van der Waals surface area contributed by atoms with E-state index in [1.807, 2.05) is 6.92 Å². The minimum absolute atomic E-state index is 0.0686. The second-order valence-electron chi connectivity index (χ2n) is 5.02. The molecule has 0 aliphatic carbocycles. The van der Waals surface area contributed by atoms with Gasteiger partial charge in [0.2, 0.25) is 0 Å². The van der Waals surface area contributed by atoms with Crippen LogP contribution >= 0.6 is 0 Å². The number of hydrogen-bond acceptors (Lipinski definition) is 3. The Hall–Kier alpha value is -1.69. The fourth-order valence-corrected chi connectivity index (χ4v) is 2.28. The van der Waals surface area contributed by atoms with Gasteiger partial charge in [-0.1, -0.05) is 6.92 Å². The summed E-state index contributed by atoms with van der Waals surface area (Å²) in [5, 5.41) is 9.78. The lowest BCUT2D eigenvalue weighted by Crippen LogP contribution is -2.46. The molecular weight excluding hydrogens is 268 g/mol. The molecule has 110 valence electrons. The van der Waals surface area contributed by atoms with Gasteiger partial charge in [0, 0.05) is 13.1 Å². The van der Waals surface area contributed by atoms with Crippen LogP contribution in [0.2, 0.25) is 0 Å². The van der Waals surface area contributed by atoms with E-state index in [4.69, 9.17) is 4.74 Å². The number of carbonyl (C=O) groups excluding carboxylic acids is 1. The number of benzene rings is 1. The number of methoxy groups -OCH3 is 1. The minimum atomic E-state index is -1.01. The number of aliphatic hydroxyl groups excluding tert-OH is 1. The molecule has 20 heavy (non-hydrogen) atoms. The number of hydrogen-bond donors (Lipinski definition) is 1. The maximum Gasteiger partial charge on any atom is 0.260 e. The fourth-order valence-electron chi connectivity index (χ4n) is 2.28. The van der Waals surface area contributed by atoms with Crippen molar-refractivity contribution in [3.63, 3.8) is 0 Å². The van der Waals surface area contributed by atoms with E-state index in [0.29, 0.717) is 13.0 Å². The van der Waals surface area contributed by atoms with E-state index in [0.717, 1.165) is 12.1 Å². The quantitative estimate of drug-likeness (QED) is 0.901. The van der Waals surface area contributed by atoms with Crippen molar-refractivity contribution in [3.05, 3.63) is 29.3 Å². The number of ether oxygens (including phenoxy) is 1. The molecule has 1 heterocycles. The SMILES string of the molecule is COc1ccc(F)c(C(=O)N2CCC(C)C(O)C2)c1F. The van der Waals surface area contributed by atoms with E-state index in [1.54, 1.807) is 0 Å². The molecule has 0 saturated carbocycles. The molecule has 4 nitrogen and oxygen atoms in total. The molecule has 1 aromatic carbocycles. The predicted molar refractivity (Wildman–Crippen MR) is 68.6 cm³/mol. The largest absolute Gasteiger partial charge is 0.494 e. The van der Waals surface area contributed by atoms with Crippen molar-refractivity contribution in [2.24, 2.45) is 5.92 Å². The second-order valence-corrected chi connectivity index (χ2v) is 5.02. The monoisotopic (exact) mass is 285 g/mol. The van der Waals surface area contributed by atoms with Crippen LogP contribution in [0.1, 0.15) is 23.7 Å². The molecule has 6 heteroatoms. The normalized spacial score (nSPS) is 22.8. The molecule has 0 radical (unpaired) electrons. The van der Waals surface area contributed by atoms with Crippen LogP contribution in [0, 0.1) is 17.6 Å². The van der Waals surface area contributed by atoms with Gasteiger partial charge in [-0.2, -0.15) is 0 Å². The summed E-state index contributed by atoms with van der Waals surface area (Å²) in [6.07, 6.45) is -0.0791. The van der Waals surface area contributed by atoms with E-state index in [-0.39, 0.29) is 18.2 Å². The van der Waals surface area contributed by atoms with Gasteiger partial charge in [0.05, 0.1) is 13.2 Å². The Morgan fingerprint density at radius 3 is 2.75 bits per heavy atom. The zero-order valence-electron chi connectivity index (χ0n) is 11.4. The summed E-state index contributed by atoms with van der Waals surface area (Å²) in [6.45, 7) is 2.32. The number of carbonyl (C=O) groups is 1. The predicted octanol–water partition coefficient (Wildman–Crippen LogP) is 1.82. The van der Waals surface area contributed by atoms with Gasteiger partial charge in [0.15, 0.2) is 11.6 Å². The Morgan fingerprint density at radius 1 is 1.45 bits per heavy atom. The second kappa shape index (κ2) is 5.75. The molecule has 1 aliphatic rings. The number of amides is 1. The third-order valence-electron chi connectivity index (χ3n) is 3.70. The van der Waals surface area contributed by atoms with Crippen LogP contribution in [-0.4, -0.2) is 42.2 Å². The molecule has 1 N–H and O–H groups in total. The highest BCUT2D eigenvalue weighted by atomic mass is 19.1. The zero-order chi connectivity index (χ0) is 14.9. The third kappa shape index (κ3) is 2.60. The number of likely N-dealkylation sites (tertiary alicyclic amines) is 1. The van der Waals surface area contributed by atoms with Crippen LogP contribution in [-0.2, 0) is 0 Å². The van der Waals surface area contributed by atoms with Crippen molar-refractivity contribution in [3.8, 4) is 5.75 Å². The number of nitrogens with zero attached hydrogens (tertiary/aromatic N) is 1. The summed E-state index contributed by atoms with van der Waals surface area (Å²) in [5.41, 5.74) is -0.633. The van der Waals surface area contributed by atoms with Crippen molar-refractivity contribution in [1.82, 2.24) is 4.90 Å². The highest BCUT2D eigenvalue weighted by molar-refractivity contribution is 5.95. The first-order valence-corrected chi connectivity index (χ1v) is 6.45. The summed E-state index contributed by atoms with van der Waals surface area (Å²) in [6, 6.07) is 2.13. The zero-order valence-corrected chi connectivity index (χ0v) is 11.4. The van der Waals surface area contributed by atoms with Gasteiger partial charge in [0.25, 0.3) is 5.91 Å². The number of aliphatic hydroxyl groups is 1. The summed E-state index contributed by atoms with van der Waals surface area (Å²) < 4.78 is 32.5. The molecule has 1 aromatic rings. The Balaban J connectivity index is 2.30. The summed E-state index contributed by atoms with van der Waals surface area (Å²) in [7, 11) is 1.25. The van der Waals surface area contributed by atoms with Crippen LogP contribution in [0.25, 0.3) is 0 Å². The molecule has 0 aromatic heterocycles. The lowest BCUT2D eigenvalue weighted by atomic mass is 9.95. The number of β-amino-alcohol motifs (C(OH)–C–C–N with tert-alkyl or cyclic N) is 1. The Bertz CT molecular complexity index is 521. The average Bonchev–Trinajstić information content (AvgIpc) is 2.42. The number of rotatable bonds is 2. The summed E-state index contributed by atoms with van der Waals surface area (Å²) >= 11 is 0. The molecule has 1 fully saturated rings. The van der Waals surface area contributed by atoms with Gasteiger partial charge in [-0.15, -0.1) is 0 Å². The summed E-state index contributed by atoms with van der Waals surface area (Å²) in [5.74, 6) is -2.81. The highest BCUT2D eigenvalue weighted by Gasteiger charge is 2.31. The van der Waals surface area contributed by atoms with Crippen molar-refractivity contribution >= 4 is 5.91 Å². The topological polar surface area (TPSA) is 49.8 Å². The lowest BCUT2D eigenvalue weighted by molar-refractivity contribution is 0.0242. The first kappa shape index (κ1) is 14.7. The Kier molecular flexibility index (Phi) is 4.23. The van der Waals surface area contributed by atoms with E-state index < -0.39 is 29.2 Å². The Labute approximate surface area is 116 Å². The molecule has 1 aliphatic heterocycles. The number of halogens is 2. The maximum atomic E-state index is 14.0. The molecule has 1 amide bonds. The maximum absolute atomic E-state index is 14.0. The minimum Gasteiger partial charge on any atom is -0.494 e. The number of piperidine rings is 1. The fraction of sp³-hybridized carbons (Fsp3) is 0.500. The highest BCUT2D eigenvalue weighted by Crippen LogP contribution is 2.26. The van der Waals surface area contributed by atoms with E-state index in [9.17, 15) is 18.7 Å². The van der Waals surface area contributed by atoms with Crippen molar-refractivity contribution in [2.75, 3.05) is 20.2 Å².